The molecule has 3 heterocycles. The number of ether oxygens (including phenoxy) is 1. The second kappa shape index (κ2) is 10.4. The van der Waals surface area contributed by atoms with Crippen LogP contribution < -0.4 is 10.1 Å². The number of nitrogens with zero attached hydrogens (tertiary/aromatic N) is 2. The van der Waals surface area contributed by atoms with Crippen LogP contribution in [0.3, 0.4) is 0 Å². The Morgan fingerprint density at radius 2 is 2.00 bits per heavy atom. The molecule has 5 rings (SSSR count). The van der Waals surface area contributed by atoms with Crippen molar-refractivity contribution in [3.63, 3.8) is 0 Å². The molecule has 1 saturated heterocycles. The average molecular weight is 560 g/mol. The quantitative estimate of drug-likeness (QED) is 0.303. The van der Waals surface area contributed by atoms with Gasteiger partial charge in [-0.05, 0) is 56.6 Å². The molecule has 194 valence electrons. The van der Waals surface area contributed by atoms with E-state index in [0.717, 1.165) is 16.9 Å². The summed E-state index contributed by atoms with van der Waals surface area (Å²) in [7, 11) is -3.30. The van der Waals surface area contributed by atoms with Gasteiger partial charge in [-0.25, -0.2) is 18.2 Å². The molecule has 2 N–H and O–H groups in total. The first-order valence-corrected chi connectivity index (χ1v) is 14.8. The highest BCUT2D eigenvalue weighted by Crippen LogP contribution is 2.37. The number of hydrogen-bond donors (Lipinski definition) is 2. The smallest absolute Gasteiger partial charge is 0.349 e. The first-order chi connectivity index (χ1) is 17.7. The maximum Gasteiger partial charge on any atom is 0.349 e. The number of carboxylic acid groups (broad SMARTS) is 1. The van der Waals surface area contributed by atoms with Crippen LogP contribution in [0.15, 0.2) is 54.9 Å². The summed E-state index contributed by atoms with van der Waals surface area (Å²) < 4.78 is 33.8. The number of halogens is 1. The van der Waals surface area contributed by atoms with Crippen molar-refractivity contribution in [3.8, 4) is 10.8 Å². The third-order valence-electron chi connectivity index (χ3n) is 6.54. The lowest BCUT2D eigenvalue weighted by Gasteiger charge is -2.22. The number of hydrogen-bond acceptors (Lipinski definition) is 7. The number of imidazole rings is 1. The van der Waals surface area contributed by atoms with E-state index in [2.05, 4.69) is 10.3 Å². The third kappa shape index (κ3) is 5.38. The van der Waals surface area contributed by atoms with E-state index in [0.29, 0.717) is 52.6 Å². The molecular formula is C26H26ClN3O5S2. The van der Waals surface area contributed by atoms with Gasteiger partial charge in [-0.1, -0.05) is 35.9 Å². The number of aromatic nitrogens is 2. The lowest BCUT2D eigenvalue weighted by molar-refractivity contribution is 0.0695. The number of carbonyl (C=O) groups is 1. The van der Waals surface area contributed by atoms with Crippen molar-refractivity contribution in [1.29, 1.82) is 0 Å². The Labute approximate surface area is 223 Å². The van der Waals surface area contributed by atoms with Crippen molar-refractivity contribution in [2.45, 2.75) is 36.9 Å². The summed E-state index contributed by atoms with van der Waals surface area (Å²) in [5.41, 5.74) is 2.80. The normalized spacial score (nSPS) is 15.6. The molecule has 1 atom stereocenters. The standard InChI is InChI=1S/C26H26ClN3O5S2/c1-16(19-4-2-3-5-20(19)27)35-23-13-24(36-25(23)26(31)32)30-15-29-21-7-6-17(12-22(21)30)14-37(33,34)18-8-10-28-11-9-18/h2-7,12-13,15-16,18,28H,8-11,14H2,1H3,(H,31,32)/t16-/m1/s1. The molecule has 0 unspecified atom stereocenters. The molecule has 2 aromatic heterocycles. The number of nitrogens with one attached hydrogen (secondary N) is 1. The zero-order chi connectivity index (χ0) is 26.2. The van der Waals surface area contributed by atoms with Crippen molar-refractivity contribution < 1.29 is 23.1 Å². The SMILES string of the molecule is C[C@@H](Oc1cc(-n2cnc3ccc(CS(=O)(=O)C4CCNCC4)cc32)sc1C(=O)O)c1ccccc1Cl. The number of aromatic carboxylic acids is 1. The van der Waals surface area contributed by atoms with Crippen LogP contribution in [0.25, 0.3) is 16.0 Å². The molecule has 1 aliphatic heterocycles. The van der Waals surface area contributed by atoms with Gasteiger partial charge >= 0.3 is 5.97 Å². The van der Waals surface area contributed by atoms with Crippen molar-refractivity contribution in [2.75, 3.05) is 13.1 Å². The van der Waals surface area contributed by atoms with Crippen LogP contribution in [-0.4, -0.2) is 47.4 Å². The van der Waals surface area contributed by atoms with E-state index >= 15 is 0 Å². The number of carboxylic acids is 1. The predicted octanol–water partition coefficient (Wildman–Crippen LogP) is 5.25. The fourth-order valence-corrected chi connectivity index (χ4v) is 7.64. The first-order valence-electron chi connectivity index (χ1n) is 11.9. The van der Waals surface area contributed by atoms with Gasteiger partial charge in [0.25, 0.3) is 0 Å². The minimum Gasteiger partial charge on any atom is -0.484 e. The molecule has 0 spiro atoms. The van der Waals surface area contributed by atoms with Gasteiger partial charge in [0.1, 0.15) is 23.2 Å². The minimum atomic E-state index is -3.30. The molecule has 0 amide bonds. The van der Waals surface area contributed by atoms with Gasteiger partial charge in [-0.3, -0.25) is 4.57 Å². The molecule has 11 heteroatoms. The van der Waals surface area contributed by atoms with E-state index in [1.54, 1.807) is 35.2 Å². The molecule has 37 heavy (non-hydrogen) atoms. The molecular weight excluding hydrogens is 534 g/mol. The van der Waals surface area contributed by atoms with E-state index in [1.807, 2.05) is 31.2 Å². The average Bonchev–Trinajstić information content (AvgIpc) is 3.48. The summed E-state index contributed by atoms with van der Waals surface area (Å²) in [6.07, 6.45) is 2.37. The second-order valence-electron chi connectivity index (χ2n) is 9.06. The Morgan fingerprint density at radius 1 is 1.24 bits per heavy atom. The summed E-state index contributed by atoms with van der Waals surface area (Å²) in [4.78, 5) is 16.5. The maximum atomic E-state index is 13.0. The molecule has 0 radical (unpaired) electrons. The first kappa shape index (κ1) is 25.7. The van der Waals surface area contributed by atoms with Gasteiger partial charge in [0.15, 0.2) is 14.7 Å². The summed E-state index contributed by atoms with van der Waals surface area (Å²) >= 11 is 7.36. The molecule has 1 fully saturated rings. The summed E-state index contributed by atoms with van der Waals surface area (Å²) in [5, 5.41) is 13.8. The highest BCUT2D eigenvalue weighted by molar-refractivity contribution is 7.91. The molecule has 0 aliphatic carbocycles. The number of benzene rings is 2. The van der Waals surface area contributed by atoms with Gasteiger partial charge < -0.3 is 15.2 Å². The van der Waals surface area contributed by atoms with Gasteiger partial charge in [-0.15, -0.1) is 11.3 Å². The molecule has 0 saturated carbocycles. The monoisotopic (exact) mass is 559 g/mol. The van der Waals surface area contributed by atoms with Crippen molar-refractivity contribution in [2.24, 2.45) is 0 Å². The number of piperidine rings is 1. The second-order valence-corrected chi connectivity index (χ2v) is 12.8. The Hall–Kier alpha value is -2.92. The van der Waals surface area contributed by atoms with Crippen molar-refractivity contribution in [3.05, 3.63) is 75.9 Å². The number of sulfone groups is 1. The van der Waals surface area contributed by atoms with Crippen LogP contribution in [-0.2, 0) is 15.6 Å². The molecule has 4 aromatic rings. The zero-order valence-corrected chi connectivity index (χ0v) is 22.4. The van der Waals surface area contributed by atoms with Crippen LogP contribution in [0.5, 0.6) is 5.75 Å². The highest BCUT2D eigenvalue weighted by atomic mass is 35.5. The number of thiophene rings is 1. The molecule has 1 aliphatic rings. The minimum absolute atomic E-state index is 0.0483. The van der Waals surface area contributed by atoms with Crippen molar-refractivity contribution >= 4 is 49.8 Å². The van der Waals surface area contributed by atoms with Gasteiger partial charge in [-0.2, -0.15) is 0 Å². The van der Waals surface area contributed by atoms with E-state index in [1.165, 1.54) is 0 Å². The van der Waals surface area contributed by atoms with E-state index in [-0.39, 0.29) is 21.6 Å². The zero-order valence-electron chi connectivity index (χ0n) is 20.1. The lowest BCUT2D eigenvalue weighted by Crippen LogP contribution is -2.36. The Morgan fingerprint density at radius 3 is 2.73 bits per heavy atom. The van der Waals surface area contributed by atoms with E-state index in [9.17, 15) is 18.3 Å². The van der Waals surface area contributed by atoms with Crippen LogP contribution in [0, 0.1) is 0 Å². The maximum absolute atomic E-state index is 13.0. The van der Waals surface area contributed by atoms with Crippen LogP contribution in [0.1, 0.15) is 46.7 Å². The number of fused-ring (bicyclic) bond motifs is 1. The fourth-order valence-electron chi connectivity index (χ4n) is 4.60. The van der Waals surface area contributed by atoms with Crippen LogP contribution in [0.4, 0.5) is 0 Å². The summed E-state index contributed by atoms with van der Waals surface area (Å²) in [5.74, 6) is -0.921. The Bertz CT molecular complexity index is 1560. The Balaban J connectivity index is 1.46. The Kier molecular flexibility index (Phi) is 7.26. The third-order valence-corrected chi connectivity index (χ3v) is 10.2. The molecule has 8 nitrogen and oxygen atoms in total. The summed E-state index contributed by atoms with van der Waals surface area (Å²) in [6, 6.07) is 14.3. The molecule has 2 aromatic carbocycles. The summed E-state index contributed by atoms with van der Waals surface area (Å²) in [6.45, 7) is 3.23. The number of rotatable bonds is 8. The van der Waals surface area contributed by atoms with Gasteiger partial charge in [0.05, 0.1) is 22.0 Å². The molecule has 0 bridgehead atoms. The largest absolute Gasteiger partial charge is 0.484 e. The van der Waals surface area contributed by atoms with Crippen LogP contribution >= 0.6 is 22.9 Å². The van der Waals surface area contributed by atoms with Crippen LogP contribution in [0.2, 0.25) is 5.02 Å². The highest BCUT2D eigenvalue weighted by Gasteiger charge is 2.28. The fraction of sp³-hybridized carbons (Fsp3) is 0.308. The van der Waals surface area contributed by atoms with Crippen molar-refractivity contribution in [1.82, 2.24) is 14.9 Å². The van der Waals surface area contributed by atoms with Gasteiger partial charge in [0.2, 0.25) is 0 Å². The van der Waals surface area contributed by atoms with Gasteiger partial charge in [0, 0.05) is 16.7 Å². The van der Waals surface area contributed by atoms with E-state index < -0.39 is 21.9 Å². The topological polar surface area (TPSA) is 111 Å². The predicted molar refractivity (Wildman–Crippen MR) is 145 cm³/mol. The van der Waals surface area contributed by atoms with E-state index in [4.69, 9.17) is 16.3 Å². The lowest BCUT2D eigenvalue weighted by atomic mass is 10.1.